The van der Waals surface area contributed by atoms with Crippen LogP contribution in [0, 0.1) is 0 Å². The van der Waals surface area contributed by atoms with Crippen molar-refractivity contribution in [2.45, 2.75) is 0 Å². The zero-order chi connectivity index (χ0) is 16.3. The molecule has 1 aromatic carbocycles. The lowest BCUT2D eigenvalue weighted by atomic mass is 10.2. The van der Waals surface area contributed by atoms with E-state index in [9.17, 15) is 9.59 Å². The molecule has 1 aliphatic heterocycles. The number of nitrogens with zero attached hydrogens (tertiary/aromatic N) is 1. The smallest absolute Gasteiger partial charge is 0.324 e. The summed E-state index contributed by atoms with van der Waals surface area (Å²) in [5.41, 5.74) is 0.496. The van der Waals surface area contributed by atoms with E-state index in [2.05, 4.69) is 5.32 Å². The summed E-state index contributed by atoms with van der Waals surface area (Å²) in [6.07, 6.45) is 0. The van der Waals surface area contributed by atoms with Crippen LogP contribution in [0.15, 0.2) is 30.3 Å². The molecule has 1 aromatic rings. The first-order chi connectivity index (χ1) is 11.3. The average Bonchev–Trinajstić information content (AvgIpc) is 2.56. The average molecular weight is 354 g/mol. The summed E-state index contributed by atoms with van der Waals surface area (Å²) < 4.78 is 5.50. The maximum Gasteiger partial charge on any atom is 0.324 e. The van der Waals surface area contributed by atoms with Gasteiger partial charge in [0.2, 0.25) is 0 Å². The molecule has 0 aliphatic carbocycles. The number of urea groups is 1. The van der Waals surface area contributed by atoms with Crippen LogP contribution in [0.4, 0.5) is 4.79 Å². The molecule has 0 unspecified atom stereocenters. The molecule has 1 aliphatic rings. The van der Waals surface area contributed by atoms with Crippen molar-refractivity contribution in [1.82, 2.24) is 10.2 Å². The van der Waals surface area contributed by atoms with Crippen molar-refractivity contribution in [3.05, 3.63) is 35.9 Å². The predicted octanol–water partition coefficient (Wildman–Crippen LogP) is 2.33. The number of amides is 3. The number of imide groups is 1. The van der Waals surface area contributed by atoms with Gasteiger partial charge in [0.15, 0.2) is 0 Å². The largest absolute Gasteiger partial charge is 0.380 e. The topological polar surface area (TPSA) is 58.6 Å². The van der Waals surface area contributed by atoms with E-state index in [1.54, 1.807) is 52.7 Å². The number of rotatable bonds is 1. The summed E-state index contributed by atoms with van der Waals surface area (Å²) in [6.45, 7) is 2.78. The third-order valence-corrected chi connectivity index (χ3v) is 5.15. The maximum atomic E-state index is 12.3. The van der Waals surface area contributed by atoms with Gasteiger partial charge in [0, 0.05) is 41.7 Å². The Morgan fingerprint density at radius 3 is 2.17 bits per heavy atom. The molecular formula is C16H22N2O3S2. The fourth-order valence-electron chi connectivity index (χ4n) is 2.04. The van der Waals surface area contributed by atoms with Crippen molar-refractivity contribution in [3.8, 4) is 0 Å². The van der Waals surface area contributed by atoms with Gasteiger partial charge >= 0.3 is 6.03 Å². The second kappa shape index (κ2) is 10.6. The molecule has 23 heavy (non-hydrogen) atoms. The minimum Gasteiger partial charge on any atom is -0.380 e. The molecule has 5 nitrogen and oxygen atoms in total. The first kappa shape index (κ1) is 18.2. The lowest BCUT2D eigenvalue weighted by Crippen LogP contribution is -2.45. The van der Waals surface area contributed by atoms with E-state index < -0.39 is 0 Å². The molecule has 1 saturated heterocycles. The first-order valence-electron chi connectivity index (χ1n) is 7.66. The van der Waals surface area contributed by atoms with Gasteiger partial charge in [0.1, 0.15) is 0 Å². The summed E-state index contributed by atoms with van der Waals surface area (Å²) in [6, 6.07) is 8.49. The number of hydrogen-bond acceptors (Lipinski definition) is 5. The Bertz CT molecular complexity index is 487. The van der Waals surface area contributed by atoms with E-state index in [4.69, 9.17) is 4.74 Å². The summed E-state index contributed by atoms with van der Waals surface area (Å²) in [7, 11) is 0. The zero-order valence-electron chi connectivity index (χ0n) is 13.0. The van der Waals surface area contributed by atoms with E-state index in [1.165, 1.54) is 0 Å². The molecule has 3 amide bonds. The highest BCUT2D eigenvalue weighted by Crippen LogP contribution is 2.07. The van der Waals surface area contributed by atoms with Gasteiger partial charge < -0.3 is 9.64 Å². The monoisotopic (exact) mass is 354 g/mol. The molecular weight excluding hydrogens is 332 g/mol. The third-order valence-electron chi connectivity index (χ3n) is 3.30. The number of carbonyl (C=O) groups is 2. The number of hydrogen-bond donors (Lipinski definition) is 1. The van der Waals surface area contributed by atoms with Gasteiger partial charge in [-0.15, -0.1) is 0 Å². The Morgan fingerprint density at radius 2 is 1.57 bits per heavy atom. The van der Waals surface area contributed by atoms with Crippen molar-refractivity contribution in [2.75, 3.05) is 49.3 Å². The van der Waals surface area contributed by atoms with Crippen LogP contribution in [0.1, 0.15) is 10.4 Å². The lowest BCUT2D eigenvalue weighted by molar-refractivity contribution is 0.0953. The van der Waals surface area contributed by atoms with E-state index >= 15 is 0 Å². The molecule has 0 bridgehead atoms. The van der Waals surface area contributed by atoms with Crippen LogP contribution < -0.4 is 5.32 Å². The quantitative estimate of drug-likeness (QED) is 0.839. The van der Waals surface area contributed by atoms with E-state index in [-0.39, 0.29) is 11.9 Å². The molecule has 0 aromatic heterocycles. The highest BCUT2D eigenvalue weighted by Gasteiger charge is 2.17. The number of benzene rings is 1. The Morgan fingerprint density at radius 1 is 0.957 bits per heavy atom. The number of nitrogens with one attached hydrogen (secondary N) is 1. The second-order valence-electron chi connectivity index (χ2n) is 4.95. The van der Waals surface area contributed by atoms with E-state index in [1.807, 2.05) is 6.07 Å². The maximum absolute atomic E-state index is 12.3. The fourth-order valence-corrected chi connectivity index (χ4v) is 3.62. The number of ether oxygens (including phenoxy) is 1. The van der Waals surface area contributed by atoms with Crippen LogP contribution in [0.5, 0.6) is 0 Å². The van der Waals surface area contributed by atoms with Gasteiger partial charge in [-0.25, -0.2) is 4.79 Å². The zero-order valence-corrected chi connectivity index (χ0v) is 14.7. The SMILES string of the molecule is O=C(NC(=O)N1CCSCCOCCSCC1)c1ccccc1. The van der Waals surface area contributed by atoms with Crippen LogP contribution >= 0.6 is 23.5 Å². The first-order valence-corrected chi connectivity index (χ1v) is 9.97. The van der Waals surface area contributed by atoms with Crippen molar-refractivity contribution in [2.24, 2.45) is 0 Å². The minimum absolute atomic E-state index is 0.312. The molecule has 0 spiro atoms. The number of carbonyl (C=O) groups excluding carboxylic acids is 2. The standard InChI is InChI=1S/C16H22N2O3S2/c19-15(14-4-2-1-3-5-14)17-16(20)18-6-10-22-12-8-21-9-13-23-11-7-18/h1-5H,6-13H2,(H,17,19,20). The minimum atomic E-state index is -0.351. The van der Waals surface area contributed by atoms with Gasteiger partial charge in [0.05, 0.1) is 13.2 Å². The molecule has 0 saturated carbocycles. The molecule has 2 rings (SSSR count). The van der Waals surface area contributed by atoms with Gasteiger partial charge in [-0.3, -0.25) is 10.1 Å². The van der Waals surface area contributed by atoms with Gasteiger partial charge in [-0.2, -0.15) is 23.5 Å². The highest BCUT2D eigenvalue weighted by atomic mass is 32.2. The Labute approximate surface area is 145 Å². The second-order valence-corrected chi connectivity index (χ2v) is 7.40. The van der Waals surface area contributed by atoms with Crippen LogP contribution in [0.2, 0.25) is 0 Å². The van der Waals surface area contributed by atoms with Crippen LogP contribution in [-0.4, -0.2) is 66.2 Å². The summed E-state index contributed by atoms with van der Waals surface area (Å²) >= 11 is 3.53. The van der Waals surface area contributed by atoms with Crippen LogP contribution in [0.3, 0.4) is 0 Å². The van der Waals surface area contributed by atoms with E-state index in [0.29, 0.717) is 18.7 Å². The highest BCUT2D eigenvalue weighted by molar-refractivity contribution is 7.99. The summed E-state index contributed by atoms with van der Waals surface area (Å²) in [5.74, 6) is 3.21. The van der Waals surface area contributed by atoms with Crippen LogP contribution in [0.25, 0.3) is 0 Å². The molecule has 7 heteroatoms. The molecule has 1 heterocycles. The number of thioether (sulfide) groups is 2. The van der Waals surface area contributed by atoms with Gasteiger partial charge in [0.25, 0.3) is 5.91 Å². The Hall–Kier alpha value is -1.18. The Kier molecular flexibility index (Phi) is 8.35. The van der Waals surface area contributed by atoms with Gasteiger partial charge in [-0.1, -0.05) is 18.2 Å². The third kappa shape index (κ3) is 6.85. The molecule has 126 valence electrons. The van der Waals surface area contributed by atoms with Crippen molar-refractivity contribution < 1.29 is 14.3 Å². The predicted molar refractivity (Wildman–Crippen MR) is 96.3 cm³/mol. The van der Waals surface area contributed by atoms with Crippen molar-refractivity contribution in [1.29, 1.82) is 0 Å². The molecule has 1 N–H and O–H groups in total. The van der Waals surface area contributed by atoms with Crippen molar-refractivity contribution in [3.63, 3.8) is 0 Å². The van der Waals surface area contributed by atoms with E-state index in [0.717, 1.165) is 36.2 Å². The lowest BCUT2D eigenvalue weighted by Gasteiger charge is -2.23. The fraction of sp³-hybridized carbons (Fsp3) is 0.500. The Balaban J connectivity index is 1.87. The van der Waals surface area contributed by atoms with Crippen LogP contribution in [-0.2, 0) is 4.74 Å². The van der Waals surface area contributed by atoms with Gasteiger partial charge in [-0.05, 0) is 12.1 Å². The molecule has 1 fully saturated rings. The normalized spacial score (nSPS) is 17.7. The summed E-state index contributed by atoms with van der Waals surface area (Å²) in [5, 5.41) is 2.48. The summed E-state index contributed by atoms with van der Waals surface area (Å²) in [4.78, 5) is 26.2. The molecule has 0 atom stereocenters. The van der Waals surface area contributed by atoms with Crippen molar-refractivity contribution >= 4 is 35.5 Å². The molecule has 0 radical (unpaired) electrons.